The van der Waals surface area contributed by atoms with Crippen LogP contribution in [0.3, 0.4) is 0 Å². The fraction of sp³-hybridized carbons (Fsp3) is 0.333. The van der Waals surface area contributed by atoms with Crippen LogP contribution in [0.5, 0.6) is 11.5 Å². The summed E-state index contributed by atoms with van der Waals surface area (Å²) in [5.74, 6) is 0.844. The first-order valence-corrected chi connectivity index (χ1v) is 9.45. The number of nitrogens with one attached hydrogen (secondary N) is 2. The number of aryl methyl sites for hydroxylation is 2. The Morgan fingerprint density at radius 2 is 1.54 bits per heavy atom. The average Bonchev–Trinajstić information content (AvgIpc) is 2.68. The van der Waals surface area contributed by atoms with Gasteiger partial charge in [-0.2, -0.15) is 0 Å². The van der Waals surface area contributed by atoms with Gasteiger partial charge in [-0.3, -0.25) is 9.59 Å². The second-order valence-electron chi connectivity index (χ2n) is 6.22. The van der Waals surface area contributed by atoms with E-state index in [-0.39, 0.29) is 18.4 Å². The quantitative estimate of drug-likeness (QED) is 0.629. The van der Waals surface area contributed by atoms with Crippen molar-refractivity contribution in [3.05, 3.63) is 58.1 Å². The van der Waals surface area contributed by atoms with Gasteiger partial charge in [-0.15, -0.1) is 0 Å². The van der Waals surface area contributed by atoms with Crippen molar-refractivity contribution >= 4 is 23.4 Å². The largest absolute Gasteiger partial charge is 0.494 e. The van der Waals surface area contributed by atoms with E-state index in [0.29, 0.717) is 36.0 Å². The van der Waals surface area contributed by atoms with Crippen LogP contribution in [0.15, 0.2) is 36.4 Å². The lowest BCUT2D eigenvalue weighted by molar-refractivity contribution is -0.123. The number of halogens is 1. The number of ether oxygens (including phenoxy) is 2. The molecule has 0 unspecified atom stereocenters. The molecule has 0 bridgehead atoms. The molecule has 150 valence electrons. The molecular formula is C21H25ClN2O4. The minimum Gasteiger partial charge on any atom is -0.494 e. The van der Waals surface area contributed by atoms with E-state index in [1.807, 2.05) is 20.8 Å². The fourth-order valence-electron chi connectivity index (χ4n) is 2.54. The van der Waals surface area contributed by atoms with Crippen molar-refractivity contribution in [2.24, 2.45) is 0 Å². The van der Waals surface area contributed by atoms with Gasteiger partial charge in [0.25, 0.3) is 11.8 Å². The van der Waals surface area contributed by atoms with Gasteiger partial charge >= 0.3 is 0 Å². The third-order valence-electron chi connectivity index (χ3n) is 3.94. The van der Waals surface area contributed by atoms with Crippen LogP contribution in [0.25, 0.3) is 0 Å². The van der Waals surface area contributed by atoms with Gasteiger partial charge in [0.15, 0.2) is 6.61 Å². The Labute approximate surface area is 170 Å². The third kappa shape index (κ3) is 6.46. The van der Waals surface area contributed by atoms with Crippen LogP contribution in [0.4, 0.5) is 0 Å². The van der Waals surface area contributed by atoms with Crippen molar-refractivity contribution in [3.63, 3.8) is 0 Å². The molecule has 2 rings (SSSR count). The number of hydrogen-bond acceptors (Lipinski definition) is 4. The molecule has 0 aromatic heterocycles. The molecule has 0 fully saturated rings. The average molecular weight is 405 g/mol. The van der Waals surface area contributed by atoms with Gasteiger partial charge in [0, 0.05) is 23.7 Å². The minimum absolute atomic E-state index is 0.104. The van der Waals surface area contributed by atoms with E-state index in [2.05, 4.69) is 10.6 Å². The minimum atomic E-state index is -0.263. The highest BCUT2D eigenvalue weighted by atomic mass is 35.5. The van der Waals surface area contributed by atoms with Crippen LogP contribution in [0.1, 0.15) is 28.4 Å². The first-order valence-electron chi connectivity index (χ1n) is 9.08. The maximum atomic E-state index is 12.1. The Balaban J connectivity index is 1.68. The Morgan fingerprint density at radius 1 is 0.929 bits per heavy atom. The summed E-state index contributed by atoms with van der Waals surface area (Å²) in [7, 11) is 0. The highest BCUT2D eigenvalue weighted by Gasteiger charge is 2.08. The zero-order valence-corrected chi connectivity index (χ0v) is 17.1. The molecule has 0 aliphatic heterocycles. The molecule has 7 heteroatoms. The second-order valence-corrected chi connectivity index (χ2v) is 6.60. The van der Waals surface area contributed by atoms with E-state index < -0.39 is 0 Å². The number of carbonyl (C=O) groups is 2. The molecule has 0 heterocycles. The molecule has 2 aromatic carbocycles. The van der Waals surface area contributed by atoms with Crippen LogP contribution in [0, 0.1) is 13.8 Å². The smallest absolute Gasteiger partial charge is 0.258 e. The summed E-state index contributed by atoms with van der Waals surface area (Å²) in [6, 6.07) is 10.5. The van der Waals surface area contributed by atoms with Crippen molar-refractivity contribution in [2.75, 3.05) is 26.3 Å². The number of carbonyl (C=O) groups excluding carboxylic acids is 2. The molecule has 2 amide bonds. The summed E-state index contributed by atoms with van der Waals surface area (Å²) in [6.07, 6.45) is 0. The Bertz CT molecular complexity index is 799. The summed E-state index contributed by atoms with van der Waals surface area (Å²) in [5, 5.41) is 6.15. The maximum absolute atomic E-state index is 12.1. The van der Waals surface area contributed by atoms with Crippen molar-refractivity contribution < 1.29 is 19.1 Å². The van der Waals surface area contributed by atoms with Gasteiger partial charge in [-0.25, -0.2) is 0 Å². The van der Waals surface area contributed by atoms with Crippen LogP contribution in [0.2, 0.25) is 5.02 Å². The molecule has 0 saturated carbocycles. The molecule has 0 aliphatic rings. The summed E-state index contributed by atoms with van der Waals surface area (Å²) in [5.41, 5.74) is 2.33. The van der Waals surface area contributed by atoms with Crippen molar-refractivity contribution in [2.45, 2.75) is 20.8 Å². The van der Waals surface area contributed by atoms with Gasteiger partial charge in [0.05, 0.1) is 6.61 Å². The Morgan fingerprint density at radius 3 is 2.14 bits per heavy atom. The predicted octanol–water partition coefficient (Wildman–Crippen LogP) is 3.28. The molecule has 28 heavy (non-hydrogen) atoms. The van der Waals surface area contributed by atoms with Gasteiger partial charge in [0.2, 0.25) is 0 Å². The fourth-order valence-corrected chi connectivity index (χ4v) is 2.65. The molecule has 6 nitrogen and oxygen atoms in total. The van der Waals surface area contributed by atoms with E-state index in [0.717, 1.165) is 16.9 Å². The second kappa shape index (κ2) is 10.6. The van der Waals surface area contributed by atoms with Gasteiger partial charge in [-0.1, -0.05) is 11.6 Å². The number of amides is 2. The number of rotatable bonds is 9. The molecular weight excluding hydrogens is 380 g/mol. The van der Waals surface area contributed by atoms with Crippen LogP contribution in [-0.2, 0) is 4.79 Å². The molecule has 0 spiro atoms. The summed E-state index contributed by atoms with van der Waals surface area (Å²) < 4.78 is 10.8. The SMILES string of the molecule is CCOc1ccc(C(=O)NCCNC(=O)COc2cc(C)c(Cl)c(C)c2)cc1. The molecule has 0 aliphatic carbocycles. The Hall–Kier alpha value is -2.73. The lowest BCUT2D eigenvalue weighted by Gasteiger charge is -2.11. The summed E-state index contributed by atoms with van der Waals surface area (Å²) >= 11 is 6.11. The van der Waals surface area contributed by atoms with Crippen molar-refractivity contribution in [3.8, 4) is 11.5 Å². The monoisotopic (exact) mass is 404 g/mol. The lowest BCUT2D eigenvalue weighted by atomic mass is 10.1. The molecule has 2 N–H and O–H groups in total. The van der Waals surface area contributed by atoms with Gasteiger partial charge in [-0.05, 0) is 68.3 Å². The standard InChI is InChI=1S/C21H25ClN2O4/c1-4-27-17-7-5-16(6-8-17)21(26)24-10-9-23-19(25)13-28-18-11-14(2)20(22)15(3)12-18/h5-8,11-12H,4,9-10,13H2,1-3H3,(H,23,25)(H,24,26). The van der Waals surface area contributed by atoms with Crippen molar-refractivity contribution in [1.82, 2.24) is 10.6 Å². The molecule has 0 radical (unpaired) electrons. The van der Waals surface area contributed by atoms with E-state index >= 15 is 0 Å². The molecule has 0 saturated heterocycles. The van der Waals surface area contributed by atoms with Crippen molar-refractivity contribution in [1.29, 1.82) is 0 Å². The van der Waals surface area contributed by atoms with Crippen LogP contribution in [-0.4, -0.2) is 38.1 Å². The van der Waals surface area contributed by atoms with Crippen LogP contribution < -0.4 is 20.1 Å². The summed E-state index contributed by atoms with van der Waals surface area (Å²) in [6.45, 7) is 6.77. The zero-order chi connectivity index (χ0) is 20.5. The molecule has 0 atom stereocenters. The number of benzene rings is 2. The first-order chi connectivity index (χ1) is 13.4. The highest BCUT2D eigenvalue weighted by molar-refractivity contribution is 6.32. The van der Waals surface area contributed by atoms with E-state index in [9.17, 15) is 9.59 Å². The van der Waals surface area contributed by atoms with Crippen LogP contribution >= 0.6 is 11.6 Å². The Kier molecular flexibility index (Phi) is 8.14. The lowest BCUT2D eigenvalue weighted by Crippen LogP contribution is -2.36. The first kappa shape index (κ1) is 21.6. The van der Waals surface area contributed by atoms with Gasteiger partial charge in [0.1, 0.15) is 11.5 Å². The highest BCUT2D eigenvalue weighted by Crippen LogP contribution is 2.25. The maximum Gasteiger partial charge on any atom is 0.258 e. The molecule has 2 aromatic rings. The van der Waals surface area contributed by atoms with E-state index in [4.69, 9.17) is 21.1 Å². The predicted molar refractivity (Wildman–Crippen MR) is 109 cm³/mol. The van der Waals surface area contributed by atoms with E-state index in [1.54, 1.807) is 36.4 Å². The summed E-state index contributed by atoms with van der Waals surface area (Å²) in [4.78, 5) is 23.9. The number of hydrogen-bond donors (Lipinski definition) is 2. The van der Waals surface area contributed by atoms with Gasteiger partial charge < -0.3 is 20.1 Å². The topological polar surface area (TPSA) is 76.7 Å². The zero-order valence-electron chi connectivity index (χ0n) is 16.3. The van der Waals surface area contributed by atoms with E-state index in [1.165, 1.54) is 0 Å². The normalized spacial score (nSPS) is 10.3. The third-order valence-corrected chi connectivity index (χ3v) is 4.54.